The van der Waals surface area contributed by atoms with Gasteiger partial charge in [-0.3, -0.25) is 4.18 Å². The molecule has 1 aromatic heterocycles. The van der Waals surface area contributed by atoms with Gasteiger partial charge in [0.1, 0.15) is 6.54 Å². The lowest BCUT2D eigenvalue weighted by Crippen LogP contribution is -2.38. The van der Waals surface area contributed by atoms with Crippen molar-refractivity contribution in [1.82, 2.24) is 4.90 Å². The molecule has 2 rings (SSSR count). The summed E-state index contributed by atoms with van der Waals surface area (Å²) in [4.78, 5) is 2.15. The van der Waals surface area contributed by atoms with Crippen LogP contribution in [0.25, 0.3) is 0 Å². The van der Waals surface area contributed by atoms with Crippen molar-refractivity contribution in [2.45, 2.75) is 63.8 Å². The first-order valence-corrected chi connectivity index (χ1v) is 16.6. The van der Waals surface area contributed by atoms with Gasteiger partial charge in [0.05, 0.1) is 25.1 Å². The molecule has 2 heterocycles. The van der Waals surface area contributed by atoms with Crippen LogP contribution in [0.15, 0.2) is 48.8 Å². The molecule has 0 saturated carbocycles. The Morgan fingerprint density at radius 3 is 2.58 bits per heavy atom. The third-order valence-corrected chi connectivity index (χ3v) is 9.55. The van der Waals surface area contributed by atoms with Gasteiger partial charge in [-0.05, 0) is 30.9 Å². The molecule has 0 radical (unpaired) electrons. The second kappa shape index (κ2) is 17.5. The van der Waals surface area contributed by atoms with Gasteiger partial charge >= 0.3 is 0 Å². The van der Waals surface area contributed by atoms with Crippen LogP contribution < -0.4 is 4.57 Å². The largest absolute Gasteiger partial charge is 0.390 e. The Bertz CT molecular complexity index is 911. The maximum absolute atomic E-state index is 11.5. The van der Waals surface area contributed by atoms with Gasteiger partial charge in [-0.25, -0.2) is 4.57 Å². The predicted octanol–water partition coefficient (Wildman–Crippen LogP) is 3.02. The van der Waals surface area contributed by atoms with Crippen LogP contribution in [0.2, 0.25) is 0 Å². The van der Waals surface area contributed by atoms with Crippen LogP contribution in [0, 0.1) is 0 Å². The van der Waals surface area contributed by atoms with Crippen LogP contribution >= 0.6 is 23.5 Å². The van der Waals surface area contributed by atoms with Crippen LogP contribution in [0.4, 0.5) is 0 Å². The fraction of sp³-hybridized carbons (Fsp3) is 0.654. The van der Waals surface area contributed by atoms with Crippen LogP contribution in [0.3, 0.4) is 0 Å². The summed E-state index contributed by atoms with van der Waals surface area (Å²) < 4.78 is 29.9. The van der Waals surface area contributed by atoms with E-state index in [4.69, 9.17) is 0 Å². The van der Waals surface area contributed by atoms with Crippen molar-refractivity contribution in [2.75, 3.05) is 42.4 Å². The molecule has 3 atom stereocenters. The minimum absolute atomic E-state index is 0.00528. The summed E-state index contributed by atoms with van der Waals surface area (Å²) in [5.74, 6) is 2.79. The number of hydrogen-bond acceptors (Lipinski definition) is 8. The molecule has 0 aromatic carbocycles. The van der Waals surface area contributed by atoms with E-state index < -0.39 is 22.3 Å². The number of aliphatic hydroxyl groups excluding tert-OH is 2. The molecule has 0 saturated heterocycles. The zero-order valence-corrected chi connectivity index (χ0v) is 24.0. The number of allylic oxidation sites excluding steroid dienone is 2. The molecule has 10 heteroatoms. The van der Waals surface area contributed by atoms with Crippen LogP contribution in [0.5, 0.6) is 0 Å². The average molecular weight is 560 g/mol. The molecule has 204 valence electrons. The Kier molecular flexibility index (Phi) is 15.1. The lowest BCUT2D eigenvalue weighted by atomic mass is 10.1. The van der Waals surface area contributed by atoms with Gasteiger partial charge in [-0.1, -0.05) is 31.6 Å². The van der Waals surface area contributed by atoms with Gasteiger partial charge < -0.3 is 15.1 Å². The normalized spacial score (nSPS) is 17.4. The number of unbranched alkanes of at least 4 members (excludes halogenated alkanes) is 1. The Hall–Kier alpha value is -1.04. The second-order valence-corrected chi connectivity index (χ2v) is 13.0. The van der Waals surface area contributed by atoms with Crippen molar-refractivity contribution in [2.24, 2.45) is 0 Å². The summed E-state index contributed by atoms with van der Waals surface area (Å²) in [5.41, 5.74) is 1.31. The molecule has 0 aliphatic carbocycles. The molecule has 0 fully saturated rings. The zero-order valence-electron chi connectivity index (χ0n) is 21.6. The topological polar surface area (TPSA) is 91.0 Å². The van der Waals surface area contributed by atoms with Gasteiger partial charge in [0.25, 0.3) is 10.1 Å². The van der Waals surface area contributed by atoms with E-state index in [2.05, 4.69) is 51.0 Å². The standard InChI is InChI=1S/C26H43N2O5S3/c1-3-4-14-27-15-7-5-10-23(27)12-18-34-21-25(29)26(30)22-35-19-13-24-11-6-8-16-28(24)17-9-20-36(31,32)33-2/h5-8,10-11,15-16,24-26,29-30H,3-4,9,12-14,17-22H2,1-2H3/q+1/t24?,25?,26-/m1/s1. The summed E-state index contributed by atoms with van der Waals surface area (Å²) in [6.07, 6.45) is 13.4. The van der Waals surface area contributed by atoms with Gasteiger partial charge in [0.2, 0.25) is 0 Å². The van der Waals surface area contributed by atoms with E-state index in [0.29, 0.717) is 24.5 Å². The lowest BCUT2D eigenvalue weighted by Gasteiger charge is -2.30. The molecule has 7 nitrogen and oxygen atoms in total. The highest BCUT2D eigenvalue weighted by Gasteiger charge is 2.19. The maximum atomic E-state index is 11.5. The highest BCUT2D eigenvalue weighted by atomic mass is 32.2. The molecule has 1 aromatic rings. The number of nitrogens with zero attached hydrogens (tertiary/aromatic N) is 2. The smallest absolute Gasteiger partial charge is 0.267 e. The van der Waals surface area contributed by atoms with Crippen molar-refractivity contribution in [3.8, 4) is 0 Å². The molecule has 0 spiro atoms. The number of aryl methyl sites for hydroxylation is 2. The van der Waals surface area contributed by atoms with E-state index in [1.54, 1.807) is 23.5 Å². The van der Waals surface area contributed by atoms with E-state index in [1.807, 2.05) is 18.4 Å². The summed E-state index contributed by atoms with van der Waals surface area (Å²) in [5, 5.41) is 20.8. The third-order valence-electron chi connectivity index (χ3n) is 6.08. The highest BCUT2D eigenvalue weighted by molar-refractivity contribution is 7.99. The van der Waals surface area contributed by atoms with E-state index in [9.17, 15) is 18.6 Å². The molecule has 2 N–H and O–H groups in total. The second-order valence-electron chi connectivity index (χ2n) is 8.88. The Labute approximate surface area is 226 Å². The van der Waals surface area contributed by atoms with Gasteiger partial charge in [0.15, 0.2) is 11.9 Å². The summed E-state index contributed by atoms with van der Waals surface area (Å²) in [6, 6.07) is 6.50. The van der Waals surface area contributed by atoms with Gasteiger partial charge in [-0.2, -0.15) is 31.9 Å². The highest BCUT2D eigenvalue weighted by Crippen LogP contribution is 2.18. The fourth-order valence-electron chi connectivity index (χ4n) is 3.88. The van der Waals surface area contributed by atoms with Gasteiger partial charge in [-0.15, -0.1) is 0 Å². The number of aromatic nitrogens is 1. The van der Waals surface area contributed by atoms with Crippen molar-refractivity contribution in [1.29, 1.82) is 0 Å². The molecule has 1 aliphatic rings. The Morgan fingerprint density at radius 2 is 1.86 bits per heavy atom. The fourth-order valence-corrected chi connectivity index (χ4v) is 6.55. The van der Waals surface area contributed by atoms with Crippen molar-refractivity contribution in [3.63, 3.8) is 0 Å². The minimum atomic E-state index is -3.43. The first-order valence-electron chi connectivity index (χ1n) is 12.7. The first-order chi connectivity index (χ1) is 17.4. The summed E-state index contributed by atoms with van der Waals surface area (Å²) >= 11 is 3.32. The average Bonchev–Trinajstić information content (AvgIpc) is 2.88. The molecular weight excluding hydrogens is 516 g/mol. The number of thioether (sulfide) groups is 2. The van der Waals surface area contributed by atoms with E-state index in [0.717, 1.165) is 30.9 Å². The minimum Gasteiger partial charge on any atom is -0.390 e. The number of aliphatic hydroxyl groups is 2. The number of hydrogen-bond donors (Lipinski definition) is 2. The number of rotatable bonds is 19. The third kappa shape index (κ3) is 12.0. The molecule has 1 aliphatic heterocycles. The van der Waals surface area contributed by atoms with Crippen molar-refractivity contribution >= 4 is 33.6 Å². The first kappa shape index (κ1) is 31.2. The zero-order chi connectivity index (χ0) is 26.2. The van der Waals surface area contributed by atoms with Crippen molar-refractivity contribution < 1.29 is 27.4 Å². The lowest BCUT2D eigenvalue weighted by molar-refractivity contribution is -0.704. The van der Waals surface area contributed by atoms with Gasteiger partial charge in [0, 0.05) is 54.8 Å². The SMILES string of the molecule is CCCC[n+]1ccccc1CCSCC(O)[C@H](O)CSCCC1C=CC=CN1CCCS(=O)(=O)OC. The summed E-state index contributed by atoms with van der Waals surface area (Å²) in [6.45, 7) is 3.88. The van der Waals surface area contributed by atoms with Crippen LogP contribution in [-0.4, -0.2) is 84.2 Å². The number of pyridine rings is 1. The van der Waals surface area contributed by atoms with E-state index in [1.165, 1.54) is 25.6 Å². The van der Waals surface area contributed by atoms with Crippen LogP contribution in [0.1, 0.15) is 38.3 Å². The van der Waals surface area contributed by atoms with Crippen LogP contribution in [-0.2, 0) is 27.3 Å². The molecular formula is C26H43N2O5S3+. The van der Waals surface area contributed by atoms with E-state index in [-0.39, 0.29) is 11.8 Å². The maximum Gasteiger partial charge on any atom is 0.267 e. The predicted molar refractivity (Wildman–Crippen MR) is 151 cm³/mol. The Morgan fingerprint density at radius 1 is 1.11 bits per heavy atom. The molecule has 0 amide bonds. The summed E-state index contributed by atoms with van der Waals surface area (Å²) in [7, 11) is -2.24. The molecule has 36 heavy (non-hydrogen) atoms. The molecule has 2 unspecified atom stereocenters. The quantitative estimate of drug-likeness (QED) is 0.152. The Balaban J connectivity index is 1.62. The monoisotopic (exact) mass is 559 g/mol. The van der Waals surface area contributed by atoms with Crippen molar-refractivity contribution in [3.05, 3.63) is 54.5 Å². The molecule has 0 bridgehead atoms. The van der Waals surface area contributed by atoms with E-state index >= 15 is 0 Å².